The zero-order chi connectivity index (χ0) is 17.4. The van der Waals surface area contributed by atoms with Crippen LogP contribution in [-0.4, -0.2) is 14.8 Å². The van der Waals surface area contributed by atoms with E-state index in [1.165, 1.54) is 0 Å². The Labute approximate surface area is 158 Å². The van der Waals surface area contributed by atoms with Crippen LogP contribution in [0.5, 0.6) is 0 Å². The lowest BCUT2D eigenvalue weighted by atomic mass is 10.2. The monoisotopic (exact) mass is 389 g/mol. The Morgan fingerprint density at radius 2 is 1.88 bits per heavy atom. The van der Waals surface area contributed by atoms with Gasteiger partial charge in [0.05, 0.1) is 10.0 Å². The van der Waals surface area contributed by atoms with Crippen molar-refractivity contribution in [1.29, 1.82) is 0 Å². The van der Waals surface area contributed by atoms with E-state index in [2.05, 4.69) is 10.2 Å². The average molecular weight is 390 g/mol. The van der Waals surface area contributed by atoms with E-state index in [-0.39, 0.29) is 0 Å². The van der Waals surface area contributed by atoms with Gasteiger partial charge in [-0.15, -0.1) is 10.2 Å². The Hall–Kier alpha value is -1.95. The quantitative estimate of drug-likeness (QED) is 0.412. The summed E-state index contributed by atoms with van der Waals surface area (Å²) in [4.78, 5) is 0. The molecule has 0 amide bonds. The van der Waals surface area contributed by atoms with Gasteiger partial charge in [-0.1, -0.05) is 59.2 Å². The van der Waals surface area contributed by atoms with Crippen LogP contribution in [0, 0.1) is 0 Å². The van der Waals surface area contributed by atoms with Crippen molar-refractivity contribution >= 4 is 45.9 Å². The zero-order valence-corrected chi connectivity index (χ0v) is 15.6. The first kappa shape index (κ1) is 16.5. The number of para-hydroxylation sites is 1. The molecule has 0 radical (unpaired) electrons. The third-order valence-corrected chi connectivity index (χ3v) is 5.66. The van der Waals surface area contributed by atoms with E-state index >= 15 is 0 Å². The molecule has 2 aromatic carbocycles. The van der Waals surface area contributed by atoms with Gasteiger partial charge in [-0.25, -0.2) is 0 Å². The van der Waals surface area contributed by atoms with Gasteiger partial charge >= 0.3 is 0 Å². The van der Waals surface area contributed by atoms with Gasteiger partial charge in [0.1, 0.15) is 5.58 Å². The van der Waals surface area contributed by atoms with E-state index in [0.717, 1.165) is 27.4 Å². The molecule has 2 aromatic heterocycles. The minimum atomic E-state index is 0.556. The molecule has 2 heterocycles. The summed E-state index contributed by atoms with van der Waals surface area (Å²) in [5.41, 5.74) is 1.91. The molecule has 4 nitrogen and oxygen atoms in total. The number of hydrogen-bond acceptors (Lipinski definition) is 4. The SMILES string of the molecule is Cn1c(SCc2ccc(Cl)c(Cl)c2)nnc1-c1cc2ccccc2o1. The molecule has 126 valence electrons. The first-order valence-corrected chi connectivity index (χ1v) is 9.31. The fraction of sp³-hybridized carbons (Fsp3) is 0.111. The molecule has 4 rings (SSSR count). The average Bonchev–Trinajstić information content (AvgIpc) is 3.19. The highest BCUT2D eigenvalue weighted by atomic mass is 35.5. The number of hydrogen-bond donors (Lipinski definition) is 0. The molecule has 7 heteroatoms. The van der Waals surface area contributed by atoms with E-state index in [9.17, 15) is 0 Å². The van der Waals surface area contributed by atoms with Crippen molar-refractivity contribution in [3.63, 3.8) is 0 Å². The minimum absolute atomic E-state index is 0.556. The molecule has 0 saturated carbocycles. The number of thioether (sulfide) groups is 1. The minimum Gasteiger partial charge on any atom is -0.453 e. The smallest absolute Gasteiger partial charge is 0.200 e. The molecule has 0 atom stereocenters. The number of rotatable bonds is 4. The molecular weight excluding hydrogens is 377 g/mol. The van der Waals surface area contributed by atoms with Crippen molar-refractivity contribution in [2.75, 3.05) is 0 Å². The summed E-state index contributed by atoms with van der Waals surface area (Å²) in [6.45, 7) is 0. The van der Waals surface area contributed by atoms with Gasteiger partial charge in [0.2, 0.25) is 0 Å². The first-order chi connectivity index (χ1) is 12.1. The lowest BCUT2D eigenvalue weighted by Crippen LogP contribution is -1.94. The third-order valence-electron chi connectivity index (χ3n) is 3.83. The van der Waals surface area contributed by atoms with Crippen LogP contribution in [-0.2, 0) is 12.8 Å². The molecule has 0 fully saturated rings. The lowest BCUT2D eigenvalue weighted by Gasteiger charge is -2.04. The van der Waals surface area contributed by atoms with Crippen LogP contribution in [0.4, 0.5) is 0 Å². The molecule has 0 aliphatic rings. The summed E-state index contributed by atoms with van der Waals surface area (Å²) < 4.78 is 7.81. The highest BCUT2D eigenvalue weighted by molar-refractivity contribution is 7.98. The van der Waals surface area contributed by atoms with Crippen LogP contribution in [0.3, 0.4) is 0 Å². The zero-order valence-electron chi connectivity index (χ0n) is 13.2. The van der Waals surface area contributed by atoms with E-state index in [1.54, 1.807) is 17.8 Å². The van der Waals surface area contributed by atoms with Gasteiger partial charge in [-0.2, -0.15) is 0 Å². The van der Waals surface area contributed by atoms with Gasteiger partial charge in [-0.3, -0.25) is 0 Å². The van der Waals surface area contributed by atoms with Crippen LogP contribution in [0.15, 0.2) is 58.1 Å². The summed E-state index contributed by atoms with van der Waals surface area (Å²) in [7, 11) is 1.93. The maximum absolute atomic E-state index is 6.06. The maximum atomic E-state index is 6.06. The van der Waals surface area contributed by atoms with Crippen molar-refractivity contribution in [1.82, 2.24) is 14.8 Å². The van der Waals surface area contributed by atoms with E-state index < -0.39 is 0 Å². The van der Waals surface area contributed by atoms with Gasteiger partial charge in [0.15, 0.2) is 16.7 Å². The van der Waals surface area contributed by atoms with E-state index in [0.29, 0.717) is 21.6 Å². The fourth-order valence-corrected chi connectivity index (χ4v) is 3.70. The lowest BCUT2D eigenvalue weighted by molar-refractivity contribution is 0.618. The van der Waals surface area contributed by atoms with Crippen LogP contribution in [0.25, 0.3) is 22.6 Å². The van der Waals surface area contributed by atoms with Crippen molar-refractivity contribution in [2.24, 2.45) is 7.05 Å². The number of furan rings is 1. The van der Waals surface area contributed by atoms with Crippen molar-refractivity contribution < 1.29 is 4.42 Å². The second-order valence-electron chi connectivity index (χ2n) is 5.55. The molecule has 0 N–H and O–H groups in total. The number of nitrogens with zero attached hydrogens (tertiary/aromatic N) is 3. The van der Waals surface area contributed by atoms with Gasteiger partial charge < -0.3 is 8.98 Å². The Morgan fingerprint density at radius 3 is 2.68 bits per heavy atom. The molecule has 0 saturated heterocycles. The van der Waals surface area contributed by atoms with Crippen molar-refractivity contribution in [3.05, 3.63) is 64.1 Å². The third kappa shape index (κ3) is 3.27. The molecule has 0 bridgehead atoms. The summed E-state index contributed by atoms with van der Waals surface area (Å²) in [6, 6.07) is 15.5. The topological polar surface area (TPSA) is 43.9 Å². The van der Waals surface area contributed by atoms with Crippen LogP contribution < -0.4 is 0 Å². The Bertz CT molecular complexity index is 1020. The number of aromatic nitrogens is 3. The highest BCUT2D eigenvalue weighted by Crippen LogP contribution is 2.30. The molecule has 0 unspecified atom stereocenters. The number of benzene rings is 2. The normalized spacial score (nSPS) is 11.3. The molecular formula is C18H13Cl2N3OS. The summed E-state index contributed by atoms with van der Waals surface area (Å²) in [6.07, 6.45) is 0. The Morgan fingerprint density at radius 1 is 1.04 bits per heavy atom. The van der Waals surface area contributed by atoms with Crippen molar-refractivity contribution in [2.45, 2.75) is 10.9 Å². The number of fused-ring (bicyclic) bond motifs is 1. The maximum Gasteiger partial charge on any atom is 0.200 e. The van der Waals surface area contributed by atoms with Gasteiger partial charge in [-0.05, 0) is 29.8 Å². The summed E-state index contributed by atoms with van der Waals surface area (Å²) >= 11 is 13.6. The fourth-order valence-electron chi connectivity index (χ4n) is 2.52. The van der Waals surface area contributed by atoms with E-state index in [4.69, 9.17) is 27.6 Å². The first-order valence-electron chi connectivity index (χ1n) is 7.57. The van der Waals surface area contributed by atoms with Crippen molar-refractivity contribution in [3.8, 4) is 11.6 Å². The largest absolute Gasteiger partial charge is 0.453 e. The van der Waals surface area contributed by atoms with E-state index in [1.807, 2.05) is 54.1 Å². The molecule has 0 spiro atoms. The van der Waals surface area contributed by atoms with Gasteiger partial charge in [0.25, 0.3) is 0 Å². The number of halogens is 2. The van der Waals surface area contributed by atoms with Crippen LogP contribution in [0.2, 0.25) is 10.0 Å². The summed E-state index contributed by atoms with van der Waals surface area (Å²) in [5, 5.41) is 11.5. The van der Waals surface area contributed by atoms with Gasteiger partial charge in [0, 0.05) is 18.2 Å². The predicted octanol–water partition coefficient (Wildman–Crippen LogP) is 5.83. The molecule has 25 heavy (non-hydrogen) atoms. The van der Waals surface area contributed by atoms with Crippen LogP contribution in [0.1, 0.15) is 5.56 Å². The highest BCUT2D eigenvalue weighted by Gasteiger charge is 2.15. The summed E-state index contributed by atoms with van der Waals surface area (Å²) in [5.74, 6) is 2.13. The Kier molecular flexibility index (Phi) is 4.46. The molecule has 0 aliphatic heterocycles. The second-order valence-corrected chi connectivity index (χ2v) is 7.31. The second kappa shape index (κ2) is 6.75. The molecule has 0 aliphatic carbocycles. The Balaban J connectivity index is 1.57. The standard InChI is InChI=1S/C18H13Cl2N3OS/c1-23-17(16-9-12-4-2-3-5-15(12)24-16)21-22-18(23)25-10-11-6-7-13(19)14(20)8-11/h2-9H,10H2,1H3. The predicted molar refractivity (Wildman–Crippen MR) is 102 cm³/mol. The van der Waals surface area contributed by atoms with Crippen LogP contribution >= 0.6 is 35.0 Å². The molecule has 4 aromatic rings.